The molecule has 1 unspecified atom stereocenters. The Morgan fingerprint density at radius 3 is 3.00 bits per heavy atom. The first-order chi connectivity index (χ1) is 8.69. The van der Waals surface area contributed by atoms with Crippen LogP contribution in [0.1, 0.15) is 11.6 Å². The number of benzene rings is 1. The van der Waals surface area contributed by atoms with Crippen molar-refractivity contribution in [2.75, 3.05) is 12.4 Å². The average Bonchev–Trinajstić information content (AvgIpc) is 2.90. The van der Waals surface area contributed by atoms with Gasteiger partial charge in [0.05, 0.1) is 16.9 Å². The van der Waals surface area contributed by atoms with Crippen LogP contribution in [-0.2, 0) is 4.79 Å². The first-order valence-electron chi connectivity index (χ1n) is 5.51. The van der Waals surface area contributed by atoms with E-state index in [0.29, 0.717) is 5.02 Å². The number of hydrogen-bond acceptors (Lipinski definition) is 3. The number of halogens is 1. The van der Waals surface area contributed by atoms with Crippen LogP contribution in [0.15, 0.2) is 30.6 Å². The normalized spacial score (nSPS) is 17.7. The summed E-state index contributed by atoms with van der Waals surface area (Å²) in [5, 5.41) is 10.5. The molecule has 0 saturated heterocycles. The molecule has 1 atom stereocenters. The molecule has 0 aliphatic carbocycles. The maximum absolute atomic E-state index is 11.7. The number of carbonyl (C=O) groups is 1. The van der Waals surface area contributed by atoms with Crippen LogP contribution in [0, 0.1) is 0 Å². The van der Waals surface area contributed by atoms with Crippen LogP contribution in [-0.4, -0.2) is 22.7 Å². The Morgan fingerprint density at radius 2 is 2.33 bits per heavy atom. The molecule has 0 saturated carbocycles. The van der Waals surface area contributed by atoms with Crippen molar-refractivity contribution in [1.82, 2.24) is 15.1 Å². The minimum absolute atomic E-state index is 0.0388. The molecular weight excluding hydrogens is 252 g/mol. The van der Waals surface area contributed by atoms with Gasteiger partial charge in [0.15, 0.2) is 0 Å². The minimum atomic E-state index is -0.282. The van der Waals surface area contributed by atoms with Gasteiger partial charge in [0.1, 0.15) is 6.04 Å². The van der Waals surface area contributed by atoms with Gasteiger partial charge >= 0.3 is 0 Å². The summed E-state index contributed by atoms with van der Waals surface area (Å²) in [7, 11) is 1.76. The number of nitrogens with zero attached hydrogens (tertiary/aromatic N) is 2. The standard InChI is InChI=1S/C12H11ClN4O/c1-14-11-9-3-2-8(4-10(9)16-12(11)18)17-6-7(13)5-15-17/h2-6,11,14H,1H3,(H,16,18). The number of nitrogens with one attached hydrogen (secondary N) is 2. The molecule has 3 rings (SSSR count). The van der Waals surface area contributed by atoms with E-state index in [0.717, 1.165) is 16.9 Å². The summed E-state index contributed by atoms with van der Waals surface area (Å²) in [6, 6.07) is 5.43. The SMILES string of the molecule is CNC1C(=O)Nc2cc(-n3cc(Cl)cn3)ccc21. The van der Waals surface area contributed by atoms with Gasteiger partial charge in [-0.15, -0.1) is 0 Å². The van der Waals surface area contributed by atoms with E-state index in [9.17, 15) is 4.79 Å². The summed E-state index contributed by atoms with van der Waals surface area (Å²) < 4.78 is 1.67. The maximum atomic E-state index is 11.7. The summed E-state index contributed by atoms with van der Waals surface area (Å²) in [6.45, 7) is 0. The van der Waals surface area contributed by atoms with Gasteiger partial charge in [0.2, 0.25) is 5.91 Å². The minimum Gasteiger partial charge on any atom is -0.324 e. The number of hydrogen-bond donors (Lipinski definition) is 2. The lowest BCUT2D eigenvalue weighted by atomic mass is 10.1. The third kappa shape index (κ3) is 1.68. The molecule has 1 amide bonds. The molecule has 1 aliphatic heterocycles. The molecule has 6 heteroatoms. The highest BCUT2D eigenvalue weighted by molar-refractivity contribution is 6.30. The first-order valence-corrected chi connectivity index (χ1v) is 5.89. The van der Waals surface area contributed by atoms with Crippen LogP contribution in [0.4, 0.5) is 5.69 Å². The quantitative estimate of drug-likeness (QED) is 0.867. The van der Waals surface area contributed by atoms with E-state index in [1.807, 2.05) is 18.2 Å². The fourth-order valence-electron chi connectivity index (χ4n) is 2.12. The molecule has 2 N–H and O–H groups in total. The van der Waals surface area contributed by atoms with Gasteiger partial charge in [0, 0.05) is 17.4 Å². The van der Waals surface area contributed by atoms with Crippen LogP contribution < -0.4 is 10.6 Å². The van der Waals surface area contributed by atoms with Gasteiger partial charge < -0.3 is 10.6 Å². The third-order valence-corrected chi connectivity index (χ3v) is 3.17. The average molecular weight is 263 g/mol. The molecule has 0 bridgehead atoms. The summed E-state index contributed by atoms with van der Waals surface area (Å²) in [5.41, 5.74) is 2.62. The van der Waals surface area contributed by atoms with Crippen molar-refractivity contribution in [2.45, 2.75) is 6.04 Å². The number of rotatable bonds is 2. The van der Waals surface area contributed by atoms with Crippen molar-refractivity contribution in [2.24, 2.45) is 0 Å². The molecule has 1 aromatic carbocycles. The van der Waals surface area contributed by atoms with Crippen molar-refractivity contribution < 1.29 is 4.79 Å². The summed E-state index contributed by atoms with van der Waals surface area (Å²) in [5.74, 6) is -0.0388. The van der Waals surface area contributed by atoms with E-state index in [-0.39, 0.29) is 11.9 Å². The Balaban J connectivity index is 2.03. The van der Waals surface area contributed by atoms with Crippen LogP contribution >= 0.6 is 11.6 Å². The highest BCUT2D eigenvalue weighted by Gasteiger charge is 2.29. The lowest BCUT2D eigenvalue weighted by molar-refractivity contribution is -0.117. The zero-order valence-corrected chi connectivity index (χ0v) is 10.4. The number of aromatic nitrogens is 2. The molecule has 1 aromatic heterocycles. The zero-order chi connectivity index (χ0) is 12.7. The smallest absolute Gasteiger partial charge is 0.246 e. The topological polar surface area (TPSA) is 59.0 Å². The zero-order valence-electron chi connectivity index (χ0n) is 9.64. The molecule has 0 radical (unpaired) electrons. The fourth-order valence-corrected chi connectivity index (χ4v) is 2.26. The molecule has 18 heavy (non-hydrogen) atoms. The molecule has 1 aliphatic rings. The van der Waals surface area contributed by atoms with Crippen molar-refractivity contribution in [3.05, 3.63) is 41.2 Å². The number of fused-ring (bicyclic) bond motifs is 1. The highest BCUT2D eigenvalue weighted by atomic mass is 35.5. The van der Waals surface area contributed by atoms with E-state index in [4.69, 9.17) is 11.6 Å². The highest BCUT2D eigenvalue weighted by Crippen LogP contribution is 2.32. The van der Waals surface area contributed by atoms with Crippen LogP contribution in [0.25, 0.3) is 5.69 Å². The summed E-state index contributed by atoms with van der Waals surface area (Å²) in [6.07, 6.45) is 3.29. The Labute approximate surface area is 109 Å². The molecule has 92 valence electrons. The second kappa shape index (κ2) is 4.12. The number of carbonyl (C=O) groups excluding carboxylic acids is 1. The van der Waals surface area contributed by atoms with Crippen LogP contribution in [0.2, 0.25) is 5.02 Å². The predicted molar refractivity (Wildman–Crippen MR) is 69.0 cm³/mol. The lowest BCUT2D eigenvalue weighted by Crippen LogP contribution is -2.23. The van der Waals surface area contributed by atoms with Crippen molar-refractivity contribution >= 4 is 23.2 Å². The summed E-state index contributed by atoms with van der Waals surface area (Å²) in [4.78, 5) is 11.7. The molecule has 2 heterocycles. The molecule has 2 aromatic rings. The van der Waals surface area contributed by atoms with Gasteiger partial charge in [-0.3, -0.25) is 4.79 Å². The number of amides is 1. The van der Waals surface area contributed by atoms with E-state index >= 15 is 0 Å². The second-order valence-corrected chi connectivity index (χ2v) is 4.52. The van der Waals surface area contributed by atoms with Gasteiger partial charge in [0.25, 0.3) is 0 Å². The maximum Gasteiger partial charge on any atom is 0.246 e. The lowest BCUT2D eigenvalue weighted by Gasteiger charge is -2.07. The van der Waals surface area contributed by atoms with Gasteiger partial charge in [-0.1, -0.05) is 17.7 Å². The molecule has 0 spiro atoms. The Morgan fingerprint density at radius 1 is 1.50 bits per heavy atom. The van der Waals surface area contributed by atoms with E-state index in [1.165, 1.54) is 0 Å². The molecule has 0 fully saturated rings. The van der Waals surface area contributed by atoms with Crippen molar-refractivity contribution in [3.63, 3.8) is 0 Å². The first kappa shape index (κ1) is 11.3. The largest absolute Gasteiger partial charge is 0.324 e. The number of anilines is 1. The molecular formula is C12H11ClN4O. The van der Waals surface area contributed by atoms with Gasteiger partial charge in [-0.25, -0.2) is 4.68 Å². The van der Waals surface area contributed by atoms with Gasteiger partial charge in [-0.05, 0) is 19.2 Å². The van der Waals surface area contributed by atoms with E-state index < -0.39 is 0 Å². The Hall–Kier alpha value is -1.85. The summed E-state index contributed by atoms with van der Waals surface area (Å²) >= 11 is 5.83. The van der Waals surface area contributed by atoms with E-state index in [2.05, 4.69) is 15.7 Å². The van der Waals surface area contributed by atoms with Crippen LogP contribution in [0.5, 0.6) is 0 Å². The monoisotopic (exact) mass is 262 g/mol. The second-order valence-electron chi connectivity index (χ2n) is 4.09. The Bertz CT molecular complexity index is 622. The third-order valence-electron chi connectivity index (χ3n) is 2.97. The van der Waals surface area contributed by atoms with E-state index in [1.54, 1.807) is 24.1 Å². The fraction of sp³-hybridized carbons (Fsp3) is 0.167. The van der Waals surface area contributed by atoms with Gasteiger partial charge in [-0.2, -0.15) is 5.10 Å². The molecule has 5 nitrogen and oxygen atoms in total. The Kier molecular flexibility index (Phi) is 2.57. The predicted octanol–water partition coefficient (Wildman–Crippen LogP) is 1.74. The van der Waals surface area contributed by atoms with Crippen molar-refractivity contribution in [3.8, 4) is 5.69 Å². The number of likely N-dealkylation sites (N-methyl/N-ethyl adjacent to an activating group) is 1. The van der Waals surface area contributed by atoms with Crippen LogP contribution in [0.3, 0.4) is 0 Å². The van der Waals surface area contributed by atoms with Crippen molar-refractivity contribution in [1.29, 1.82) is 0 Å².